The molecule has 178 valence electrons. The summed E-state index contributed by atoms with van der Waals surface area (Å²) < 4.78 is 29.9. The van der Waals surface area contributed by atoms with Crippen LogP contribution in [0.2, 0.25) is 0 Å². The third kappa shape index (κ3) is 8.98. The summed E-state index contributed by atoms with van der Waals surface area (Å²) in [5.41, 5.74) is 2.67. The Morgan fingerprint density at radius 3 is 2.52 bits per heavy atom. The van der Waals surface area contributed by atoms with Crippen molar-refractivity contribution >= 4 is 16.9 Å². The van der Waals surface area contributed by atoms with Crippen molar-refractivity contribution in [3.63, 3.8) is 0 Å². The van der Waals surface area contributed by atoms with E-state index in [0.29, 0.717) is 26.1 Å². The van der Waals surface area contributed by atoms with Crippen LogP contribution in [0.3, 0.4) is 0 Å². The van der Waals surface area contributed by atoms with Crippen molar-refractivity contribution < 1.29 is 23.1 Å². The zero-order chi connectivity index (χ0) is 23.7. The molecule has 1 heterocycles. The number of halogens is 1. The molecule has 0 atom stereocenters. The molecular weight excluding hydrogens is 421 g/mol. The van der Waals surface area contributed by atoms with Crippen molar-refractivity contribution in [2.45, 2.75) is 58.6 Å². The smallest absolute Gasteiger partial charge is 0.306 e. The SMILES string of the molecule is CC(C)(C)OC(=O)CCCOCCNCc1ccc2cc(CCc3ccc(F)cc3)oc2c1. The number of esters is 1. The number of hydrogen-bond donors (Lipinski definition) is 1. The molecule has 3 aromatic rings. The number of nitrogens with one attached hydrogen (secondary N) is 1. The molecule has 3 rings (SSSR count). The summed E-state index contributed by atoms with van der Waals surface area (Å²) in [5.74, 6) is 0.531. The highest BCUT2D eigenvalue weighted by molar-refractivity contribution is 5.78. The van der Waals surface area contributed by atoms with Crippen LogP contribution < -0.4 is 5.32 Å². The van der Waals surface area contributed by atoms with Gasteiger partial charge in [0.1, 0.15) is 22.8 Å². The fourth-order valence-corrected chi connectivity index (χ4v) is 3.47. The molecule has 0 saturated carbocycles. The maximum absolute atomic E-state index is 13.0. The van der Waals surface area contributed by atoms with Gasteiger partial charge in [0.15, 0.2) is 0 Å². The Hall–Kier alpha value is -2.70. The van der Waals surface area contributed by atoms with Gasteiger partial charge in [0.2, 0.25) is 0 Å². The normalized spacial score (nSPS) is 11.8. The summed E-state index contributed by atoms with van der Waals surface area (Å²) in [4.78, 5) is 11.6. The number of hydrogen-bond acceptors (Lipinski definition) is 5. The van der Waals surface area contributed by atoms with Gasteiger partial charge in [-0.15, -0.1) is 0 Å². The lowest BCUT2D eigenvalue weighted by molar-refractivity contribution is -0.155. The maximum Gasteiger partial charge on any atom is 0.306 e. The summed E-state index contributed by atoms with van der Waals surface area (Å²) >= 11 is 0. The van der Waals surface area contributed by atoms with Crippen LogP contribution in [-0.4, -0.2) is 31.3 Å². The van der Waals surface area contributed by atoms with Crippen molar-refractivity contribution in [1.29, 1.82) is 0 Å². The van der Waals surface area contributed by atoms with E-state index in [1.807, 2.05) is 32.9 Å². The first-order chi connectivity index (χ1) is 15.8. The Morgan fingerprint density at radius 1 is 1.00 bits per heavy atom. The van der Waals surface area contributed by atoms with Crippen molar-refractivity contribution in [3.8, 4) is 0 Å². The first-order valence-corrected chi connectivity index (χ1v) is 11.5. The van der Waals surface area contributed by atoms with Gasteiger partial charge in [-0.1, -0.05) is 24.3 Å². The zero-order valence-electron chi connectivity index (χ0n) is 19.8. The monoisotopic (exact) mass is 455 g/mol. The minimum Gasteiger partial charge on any atom is -0.461 e. The fraction of sp³-hybridized carbons (Fsp3) is 0.444. The molecule has 1 aromatic heterocycles. The number of rotatable bonds is 12. The van der Waals surface area contributed by atoms with E-state index in [0.717, 1.165) is 53.8 Å². The molecular formula is C27H34FNO4. The van der Waals surface area contributed by atoms with Crippen LogP contribution in [0, 0.1) is 5.82 Å². The van der Waals surface area contributed by atoms with Gasteiger partial charge in [-0.05, 0) is 69.0 Å². The van der Waals surface area contributed by atoms with Crippen LogP contribution in [0.15, 0.2) is 52.9 Å². The van der Waals surface area contributed by atoms with Crippen molar-refractivity contribution in [3.05, 3.63) is 71.2 Å². The first-order valence-electron chi connectivity index (χ1n) is 11.5. The van der Waals surface area contributed by atoms with Crippen LogP contribution in [-0.2, 0) is 33.7 Å². The molecule has 0 fully saturated rings. The Morgan fingerprint density at radius 2 is 1.76 bits per heavy atom. The van der Waals surface area contributed by atoms with Gasteiger partial charge in [-0.3, -0.25) is 4.79 Å². The second-order valence-electron chi connectivity index (χ2n) is 9.19. The molecule has 0 amide bonds. The third-order valence-electron chi connectivity index (χ3n) is 5.05. The zero-order valence-corrected chi connectivity index (χ0v) is 19.8. The van der Waals surface area contributed by atoms with Crippen LogP contribution in [0.25, 0.3) is 11.0 Å². The summed E-state index contributed by atoms with van der Waals surface area (Å²) in [6, 6.07) is 14.9. The highest BCUT2D eigenvalue weighted by atomic mass is 19.1. The predicted octanol–water partition coefficient (Wildman–Crippen LogP) is 5.59. The summed E-state index contributed by atoms with van der Waals surface area (Å²) in [5, 5.41) is 4.45. The van der Waals surface area contributed by atoms with Crippen LogP contribution >= 0.6 is 0 Å². The van der Waals surface area contributed by atoms with Gasteiger partial charge in [-0.25, -0.2) is 4.39 Å². The molecule has 6 heteroatoms. The fourth-order valence-electron chi connectivity index (χ4n) is 3.47. The average Bonchev–Trinajstić information content (AvgIpc) is 3.16. The number of carbonyl (C=O) groups excluding carboxylic acids is 1. The number of carbonyl (C=O) groups is 1. The largest absolute Gasteiger partial charge is 0.461 e. The van der Waals surface area contributed by atoms with E-state index < -0.39 is 5.60 Å². The molecule has 0 aliphatic heterocycles. The number of aryl methyl sites for hydroxylation is 2. The van der Waals surface area contributed by atoms with E-state index in [-0.39, 0.29) is 11.8 Å². The highest BCUT2D eigenvalue weighted by Gasteiger charge is 2.15. The average molecular weight is 456 g/mol. The van der Waals surface area contributed by atoms with Crippen molar-refractivity contribution in [2.75, 3.05) is 19.8 Å². The van der Waals surface area contributed by atoms with E-state index in [1.54, 1.807) is 0 Å². The summed E-state index contributed by atoms with van der Waals surface area (Å²) in [6.45, 7) is 8.18. The van der Waals surface area contributed by atoms with Gasteiger partial charge in [0.05, 0.1) is 6.61 Å². The highest BCUT2D eigenvalue weighted by Crippen LogP contribution is 2.22. The molecule has 0 radical (unpaired) electrons. The van der Waals surface area contributed by atoms with E-state index in [1.165, 1.54) is 12.1 Å². The molecule has 5 nitrogen and oxygen atoms in total. The molecule has 0 spiro atoms. The minimum atomic E-state index is -0.438. The molecule has 0 aliphatic rings. The number of furan rings is 1. The Balaban J connectivity index is 1.33. The van der Waals surface area contributed by atoms with Gasteiger partial charge < -0.3 is 19.2 Å². The van der Waals surface area contributed by atoms with Gasteiger partial charge in [0, 0.05) is 37.9 Å². The third-order valence-corrected chi connectivity index (χ3v) is 5.05. The first kappa shape index (κ1) is 24.9. The summed E-state index contributed by atoms with van der Waals surface area (Å²) in [7, 11) is 0. The standard InChI is InChI=1S/C27H34FNO4/c1-27(2,3)33-26(30)5-4-15-31-16-14-29-19-21-6-10-22-18-24(32-25(22)17-21)13-9-20-7-11-23(28)12-8-20/h6-8,10-12,17-18,29H,4-5,9,13-16,19H2,1-3H3. The quantitative estimate of drug-likeness (QED) is 0.285. The van der Waals surface area contributed by atoms with Gasteiger partial charge in [0.25, 0.3) is 0 Å². The molecule has 0 aliphatic carbocycles. The second kappa shape index (κ2) is 12.0. The van der Waals surface area contributed by atoms with E-state index in [2.05, 4.69) is 29.6 Å². The molecule has 0 unspecified atom stereocenters. The van der Waals surface area contributed by atoms with Crippen molar-refractivity contribution in [2.24, 2.45) is 0 Å². The lowest BCUT2D eigenvalue weighted by Crippen LogP contribution is -2.24. The summed E-state index contributed by atoms with van der Waals surface area (Å²) in [6.07, 6.45) is 2.62. The minimum absolute atomic E-state index is 0.184. The van der Waals surface area contributed by atoms with E-state index in [9.17, 15) is 9.18 Å². The van der Waals surface area contributed by atoms with Gasteiger partial charge >= 0.3 is 5.97 Å². The molecule has 2 aromatic carbocycles. The van der Waals surface area contributed by atoms with E-state index >= 15 is 0 Å². The predicted molar refractivity (Wildman–Crippen MR) is 128 cm³/mol. The lowest BCUT2D eigenvalue weighted by Gasteiger charge is -2.19. The number of ether oxygens (including phenoxy) is 2. The number of benzene rings is 2. The molecule has 1 N–H and O–H groups in total. The Bertz CT molecular complexity index is 1020. The molecule has 0 saturated heterocycles. The lowest BCUT2D eigenvalue weighted by atomic mass is 10.1. The Kier molecular flexibility index (Phi) is 9.03. The van der Waals surface area contributed by atoms with Crippen LogP contribution in [0.1, 0.15) is 50.5 Å². The topological polar surface area (TPSA) is 60.7 Å². The maximum atomic E-state index is 13.0. The Labute approximate surface area is 195 Å². The second-order valence-corrected chi connectivity index (χ2v) is 9.19. The van der Waals surface area contributed by atoms with Crippen LogP contribution in [0.4, 0.5) is 4.39 Å². The van der Waals surface area contributed by atoms with Gasteiger partial charge in [-0.2, -0.15) is 0 Å². The van der Waals surface area contributed by atoms with Crippen molar-refractivity contribution in [1.82, 2.24) is 5.32 Å². The van der Waals surface area contributed by atoms with Crippen LogP contribution in [0.5, 0.6) is 0 Å². The van der Waals surface area contributed by atoms with E-state index in [4.69, 9.17) is 13.9 Å². The molecule has 33 heavy (non-hydrogen) atoms. The number of fused-ring (bicyclic) bond motifs is 1. The molecule has 0 bridgehead atoms.